The highest BCUT2D eigenvalue weighted by Crippen LogP contribution is 2.36. The maximum absolute atomic E-state index is 12.6. The molecule has 0 amide bonds. The third-order valence-corrected chi connectivity index (χ3v) is 4.94. The molecular formula is C19H13F3N2S. The average Bonchev–Trinajstić information content (AvgIpc) is 2.97. The summed E-state index contributed by atoms with van der Waals surface area (Å²) in [6.45, 7) is 0. The maximum Gasteiger partial charge on any atom is 0.396 e. The fourth-order valence-electron chi connectivity index (χ4n) is 2.83. The van der Waals surface area contributed by atoms with Crippen LogP contribution in [0.15, 0.2) is 70.5 Å². The SMILES string of the molecule is FC(F)(F)Cc1nc2c(ccc3c(Sc4ccccc4)cccc32)[nH]1. The molecule has 4 rings (SSSR count). The van der Waals surface area contributed by atoms with E-state index >= 15 is 0 Å². The number of rotatable bonds is 3. The number of fused-ring (bicyclic) bond motifs is 3. The second kappa shape index (κ2) is 6.11. The molecular weight excluding hydrogens is 345 g/mol. The first-order chi connectivity index (χ1) is 12.0. The smallest absolute Gasteiger partial charge is 0.342 e. The molecule has 0 atom stereocenters. The summed E-state index contributed by atoms with van der Waals surface area (Å²) in [6, 6.07) is 19.5. The summed E-state index contributed by atoms with van der Waals surface area (Å²) < 4.78 is 37.9. The molecule has 4 aromatic rings. The number of halogens is 3. The van der Waals surface area contributed by atoms with Crippen molar-refractivity contribution in [3.63, 3.8) is 0 Å². The van der Waals surface area contributed by atoms with Crippen LogP contribution in [0.4, 0.5) is 13.2 Å². The topological polar surface area (TPSA) is 28.7 Å². The third-order valence-electron chi connectivity index (χ3n) is 3.86. The molecule has 126 valence electrons. The molecule has 0 aliphatic rings. The Morgan fingerprint density at radius 2 is 1.68 bits per heavy atom. The lowest BCUT2D eigenvalue weighted by atomic mass is 10.1. The van der Waals surface area contributed by atoms with Gasteiger partial charge in [0.1, 0.15) is 12.2 Å². The summed E-state index contributed by atoms with van der Waals surface area (Å²) in [7, 11) is 0. The molecule has 3 aromatic carbocycles. The van der Waals surface area contributed by atoms with Gasteiger partial charge in [-0.05, 0) is 29.7 Å². The molecule has 0 unspecified atom stereocenters. The lowest BCUT2D eigenvalue weighted by molar-refractivity contribution is -0.128. The molecule has 1 aromatic heterocycles. The quantitative estimate of drug-likeness (QED) is 0.489. The Labute approximate surface area is 146 Å². The molecule has 1 heterocycles. The molecule has 0 radical (unpaired) electrons. The molecule has 2 nitrogen and oxygen atoms in total. The first-order valence-corrected chi connectivity index (χ1v) is 8.51. The summed E-state index contributed by atoms with van der Waals surface area (Å²) in [5.74, 6) is -0.0592. The van der Waals surface area contributed by atoms with Gasteiger partial charge in [0, 0.05) is 15.2 Å². The summed E-state index contributed by atoms with van der Waals surface area (Å²) >= 11 is 1.62. The van der Waals surface area contributed by atoms with E-state index in [1.807, 2.05) is 54.6 Å². The highest BCUT2D eigenvalue weighted by atomic mass is 32.2. The minimum Gasteiger partial charge on any atom is -0.342 e. The van der Waals surface area contributed by atoms with Gasteiger partial charge in [-0.2, -0.15) is 13.2 Å². The van der Waals surface area contributed by atoms with Gasteiger partial charge in [-0.15, -0.1) is 0 Å². The largest absolute Gasteiger partial charge is 0.396 e. The lowest BCUT2D eigenvalue weighted by Crippen LogP contribution is -2.12. The van der Waals surface area contributed by atoms with Crippen LogP contribution in [0.25, 0.3) is 21.8 Å². The zero-order valence-corrected chi connectivity index (χ0v) is 13.8. The van der Waals surface area contributed by atoms with Crippen molar-refractivity contribution >= 4 is 33.6 Å². The molecule has 0 aliphatic heterocycles. The van der Waals surface area contributed by atoms with Crippen molar-refractivity contribution < 1.29 is 13.2 Å². The number of nitrogens with one attached hydrogen (secondary N) is 1. The standard InChI is InChI=1S/C19H13F3N2S/c20-19(21,22)11-17-23-15-10-9-13-14(18(15)24-17)7-4-8-16(13)25-12-5-2-1-3-6-12/h1-10H,11H2,(H,23,24). The Morgan fingerprint density at radius 1 is 0.880 bits per heavy atom. The lowest BCUT2D eigenvalue weighted by Gasteiger charge is -2.06. The molecule has 0 fully saturated rings. The predicted octanol–water partition coefficient (Wildman–Crippen LogP) is 5.97. The minimum atomic E-state index is -4.28. The number of aromatic amines is 1. The summed E-state index contributed by atoms with van der Waals surface area (Å²) in [6.07, 6.45) is -5.33. The summed E-state index contributed by atoms with van der Waals surface area (Å²) in [4.78, 5) is 9.12. The zero-order chi connectivity index (χ0) is 17.4. The van der Waals surface area contributed by atoms with Gasteiger partial charge in [-0.3, -0.25) is 0 Å². The van der Waals surface area contributed by atoms with Gasteiger partial charge in [0.25, 0.3) is 0 Å². The van der Waals surface area contributed by atoms with Crippen molar-refractivity contribution in [2.24, 2.45) is 0 Å². The second-order valence-corrected chi connectivity index (χ2v) is 6.82. The Morgan fingerprint density at radius 3 is 2.44 bits per heavy atom. The maximum atomic E-state index is 12.6. The number of H-pyrrole nitrogens is 1. The van der Waals surface area contributed by atoms with E-state index in [1.165, 1.54) is 0 Å². The first kappa shape index (κ1) is 16.0. The number of aromatic nitrogens is 2. The third kappa shape index (κ3) is 3.35. The van der Waals surface area contributed by atoms with Gasteiger partial charge in [0.05, 0.1) is 11.0 Å². The fraction of sp³-hybridized carbons (Fsp3) is 0.105. The van der Waals surface area contributed by atoms with Crippen molar-refractivity contribution in [2.45, 2.75) is 22.4 Å². The van der Waals surface area contributed by atoms with Crippen LogP contribution >= 0.6 is 11.8 Å². The average molecular weight is 358 g/mol. The van der Waals surface area contributed by atoms with Crippen molar-refractivity contribution in [3.05, 3.63) is 66.5 Å². The van der Waals surface area contributed by atoms with Crippen LogP contribution < -0.4 is 0 Å². The minimum absolute atomic E-state index is 0.0592. The van der Waals surface area contributed by atoms with E-state index in [4.69, 9.17) is 0 Å². The summed E-state index contributed by atoms with van der Waals surface area (Å²) in [5, 5.41) is 1.83. The molecule has 0 saturated carbocycles. The monoisotopic (exact) mass is 358 g/mol. The molecule has 25 heavy (non-hydrogen) atoms. The predicted molar refractivity (Wildman–Crippen MR) is 93.9 cm³/mol. The number of imidazole rings is 1. The van der Waals surface area contributed by atoms with Crippen LogP contribution in [0.2, 0.25) is 0 Å². The Kier molecular flexibility index (Phi) is 3.92. The number of alkyl halides is 3. The van der Waals surface area contributed by atoms with E-state index in [-0.39, 0.29) is 5.82 Å². The van der Waals surface area contributed by atoms with Crippen molar-refractivity contribution in [1.29, 1.82) is 0 Å². The normalized spacial score (nSPS) is 12.1. The molecule has 0 bridgehead atoms. The fourth-order valence-corrected chi connectivity index (χ4v) is 3.81. The highest BCUT2D eigenvalue weighted by molar-refractivity contribution is 7.99. The molecule has 0 aliphatic carbocycles. The van der Waals surface area contributed by atoms with Crippen molar-refractivity contribution in [1.82, 2.24) is 9.97 Å². The van der Waals surface area contributed by atoms with Gasteiger partial charge in [-0.1, -0.05) is 48.2 Å². The van der Waals surface area contributed by atoms with Crippen LogP contribution in [0.1, 0.15) is 5.82 Å². The van der Waals surface area contributed by atoms with E-state index in [0.29, 0.717) is 11.0 Å². The molecule has 1 N–H and O–H groups in total. The second-order valence-electron chi connectivity index (χ2n) is 5.70. The van der Waals surface area contributed by atoms with E-state index in [1.54, 1.807) is 17.8 Å². The van der Waals surface area contributed by atoms with E-state index in [0.717, 1.165) is 20.6 Å². The molecule has 6 heteroatoms. The Hall–Kier alpha value is -2.47. The molecule has 0 saturated heterocycles. The Balaban J connectivity index is 1.81. The van der Waals surface area contributed by atoms with E-state index < -0.39 is 12.6 Å². The van der Waals surface area contributed by atoms with Crippen LogP contribution in [-0.2, 0) is 6.42 Å². The van der Waals surface area contributed by atoms with Crippen LogP contribution in [0.3, 0.4) is 0 Å². The Bertz CT molecular complexity index is 1040. The number of hydrogen-bond donors (Lipinski definition) is 1. The number of nitrogens with zero attached hydrogens (tertiary/aromatic N) is 1. The summed E-state index contributed by atoms with van der Waals surface area (Å²) in [5.41, 5.74) is 1.20. The van der Waals surface area contributed by atoms with Crippen molar-refractivity contribution in [3.8, 4) is 0 Å². The van der Waals surface area contributed by atoms with Crippen LogP contribution in [0.5, 0.6) is 0 Å². The van der Waals surface area contributed by atoms with Crippen molar-refractivity contribution in [2.75, 3.05) is 0 Å². The van der Waals surface area contributed by atoms with Gasteiger partial charge in [0.15, 0.2) is 0 Å². The van der Waals surface area contributed by atoms with Crippen LogP contribution in [-0.4, -0.2) is 16.1 Å². The van der Waals surface area contributed by atoms with Gasteiger partial charge >= 0.3 is 6.18 Å². The first-order valence-electron chi connectivity index (χ1n) is 7.69. The van der Waals surface area contributed by atoms with Crippen LogP contribution in [0, 0.1) is 0 Å². The zero-order valence-electron chi connectivity index (χ0n) is 13.0. The van der Waals surface area contributed by atoms with E-state index in [9.17, 15) is 13.2 Å². The van der Waals surface area contributed by atoms with E-state index in [2.05, 4.69) is 9.97 Å². The number of hydrogen-bond acceptors (Lipinski definition) is 2. The molecule has 0 spiro atoms. The van der Waals surface area contributed by atoms with Gasteiger partial charge in [0.2, 0.25) is 0 Å². The highest BCUT2D eigenvalue weighted by Gasteiger charge is 2.29. The number of benzene rings is 3. The van der Waals surface area contributed by atoms with Gasteiger partial charge < -0.3 is 4.98 Å². The van der Waals surface area contributed by atoms with Gasteiger partial charge in [-0.25, -0.2) is 4.98 Å².